The van der Waals surface area contributed by atoms with Gasteiger partial charge in [0.25, 0.3) is 5.69 Å². The lowest BCUT2D eigenvalue weighted by atomic mass is 10.1. The minimum atomic E-state index is -1.21. The summed E-state index contributed by atoms with van der Waals surface area (Å²) in [7, 11) is 0. The summed E-state index contributed by atoms with van der Waals surface area (Å²) in [6.07, 6.45) is 0.286. The number of nitro groups is 1. The topological polar surface area (TPSA) is 72.6 Å². The molecule has 0 amide bonds. The van der Waals surface area contributed by atoms with Gasteiger partial charge in [-0.2, -0.15) is 0 Å². The third-order valence-corrected chi connectivity index (χ3v) is 3.35. The van der Waals surface area contributed by atoms with Gasteiger partial charge in [0, 0.05) is 12.5 Å². The van der Waals surface area contributed by atoms with E-state index in [1.807, 2.05) is 37.3 Å². The zero-order valence-corrected chi connectivity index (χ0v) is 13.4. The second kappa shape index (κ2) is 8.70. The molecule has 0 saturated heterocycles. The summed E-state index contributed by atoms with van der Waals surface area (Å²) >= 11 is 0. The monoisotopic (exact) mass is 325 g/mol. The first-order valence-corrected chi connectivity index (χ1v) is 7.73. The maximum Gasteiger partial charge on any atom is 0.276 e. The highest BCUT2D eigenvalue weighted by atomic mass is 16.6. The summed E-state index contributed by atoms with van der Waals surface area (Å²) in [6.45, 7) is 2.32. The number of benzene rings is 2. The molecule has 0 aromatic heterocycles. The number of rotatable bonds is 6. The van der Waals surface area contributed by atoms with Gasteiger partial charge in [-0.15, -0.1) is 5.92 Å². The Hall–Kier alpha value is -2.84. The Bertz CT molecular complexity index is 747. The van der Waals surface area contributed by atoms with Crippen LogP contribution in [0.5, 0.6) is 5.75 Å². The molecule has 0 bridgehead atoms. The molecule has 24 heavy (non-hydrogen) atoms. The number of aliphatic hydroxyl groups is 1. The van der Waals surface area contributed by atoms with Crippen molar-refractivity contribution >= 4 is 5.69 Å². The molecule has 0 saturated carbocycles. The summed E-state index contributed by atoms with van der Waals surface area (Å²) in [5.41, 5.74) is 0.968. The standard InChI is InChI=1S/C19H19NO4/c1-2-3-5-10-19(21)17-13-16(11-12-18(17)20(22)23)24-14-15-8-6-4-7-9-15/h4,6-9,11-13,19,21H,2-3,14H2,1H3. The fourth-order valence-corrected chi connectivity index (χ4v) is 2.12. The first-order valence-electron chi connectivity index (χ1n) is 7.73. The van der Waals surface area contributed by atoms with Crippen LogP contribution in [0.1, 0.15) is 37.0 Å². The van der Waals surface area contributed by atoms with Crippen molar-refractivity contribution < 1.29 is 14.8 Å². The van der Waals surface area contributed by atoms with E-state index in [1.54, 1.807) is 0 Å². The molecule has 1 N–H and O–H groups in total. The molecule has 0 aliphatic carbocycles. The van der Waals surface area contributed by atoms with Crippen molar-refractivity contribution in [2.45, 2.75) is 32.5 Å². The molecule has 2 aromatic carbocycles. The largest absolute Gasteiger partial charge is 0.489 e. The molecule has 5 heteroatoms. The summed E-state index contributed by atoms with van der Waals surface area (Å²) in [5.74, 6) is 5.91. The highest BCUT2D eigenvalue weighted by Crippen LogP contribution is 2.29. The van der Waals surface area contributed by atoms with Gasteiger partial charge in [0.2, 0.25) is 0 Å². The van der Waals surface area contributed by atoms with Crippen molar-refractivity contribution in [2.75, 3.05) is 0 Å². The van der Waals surface area contributed by atoms with E-state index in [-0.39, 0.29) is 11.3 Å². The second-order valence-corrected chi connectivity index (χ2v) is 5.23. The van der Waals surface area contributed by atoms with Gasteiger partial charge in [-0.1, -0.05) is 43.2 Å². The molecule has 124 valence electrons. The first-order chi connectivity index (χ1) is 11.6. The van der Waals surface area contributed by atoms with Crippen molar-refractivity contribution in [1.82, 2.24) is 0 Å². The number of nitro benzene ring substituents is 1. The van der Waals surface area contributed by atoms with E-state index in [0.717, 1.165) is 12.0 Å². The van der Waals surface area contributed by atoms with Crippen molar-refractivity contribution in [2.24, 2.45) is 0 Å². The van der Waals surface area contributed by atoms with Gasteiger partial charge in [0.05, 0.1) is 10.5 Å². The van der Waals surface area contributed by atoms with Gasteiger partial charge in [0.15, 0.2) is 0 Å². The first kappa shape index (κ1) is 17.5. The van der Waals surface area contributed by atoms with Crippen LogP contribution in [0.15, 0.2) is 48.5 Å². The minimum Gasteiger partial charge on any atom is -0.489 e. The smallest absolute Gasteiger partial charge is 0.276 e. The quantitative estimate of drug-likeness (QED) is 0.495. The number of unbranched alkanes of at least 4 members (excludes halogenated alkanes) is 1. The number of hydrogen-bond acceptors (Lipinski definition) is 4. The Morgan fingerprint density at radius 3 is 2.67 bits per heavy atom. The predicted molar refractivity (Wildman–Crippen MR) is 91.5 cm³/mol. The Morgan fingerprint density at radius 1 is 1.25 bits per heavy atom. The Labute approximate surface area is 141 Å². The summed E-state index contributed by atoms with van der Waals surface area (Å²) in [5, 5.41) is 21.3. The highest BCUT2D eigenvalue weighted by molar-refractivity contribution is 5.48. The molecule has 0 fully saturated rings. The minimum absolute atomic E-state index is 0.147. The van der Waals surface area contributed by atoms with Gasteiger partial charge in [0.1, 0.15) is 18.5 Å². The van der Waals surface area contributed by atoms with Crippen molar-refractivity contribution in [3.05, 3.63) is 69.8 Å². The Kier molecular flexibility index (Phi) is 6.35. The third-order valence-electron chi connectivity index (χ3n) is 3.35. The molecule has 2 aromatic rings. The molecule has 0 aliphatic rings. The molecule has 2 rings (SSSR count). The molecule has 5 nitrogen and oxygen atoms in total. The molecular weight excluding hydrogens is 306 g/mol. The van der Waals surface area contributed by atoms with E-state index in [1.165, 1.54) is 18.2 Å². The van der Waals surface area contributed by atoms with Crippen molar-refractivity contribution in [3.8, 4) is 17.6 Å². The fourth-order valence-electron chi connectivity index (χ4n) is 2.12. The number of ether oxygens (including phenoxy) is 1. The number of hydrogen-bond donors (Lipinski definition) is 1. The van der Waals surface area contributed by atoms with Crippen LogP contribution in [0.4, 0.5) is 5.69 Å². The highest BCUT2D eigenvalue weighted by Gasteiger charge is 2.20. The van der Waals surface area contributed by atoms with Crippen molar-refractivity contribution in [1.29, 1.82) is 0 Å². The van der Waals surface area contributed by atoms with Crippen LogP contribution in [-0.4, -0.2) is 10.0 Å². The van der Waals surface area contributed by atoms with Crippen LogP contribution in [0.3, 0.4) is 0 Å². The second-order valence-electron chi connectivity index (χ2n) is 5.23. The normalized spacial score (nSPS) is 11.2. The SMILES string of the molecule is CCCC#CC(O)c1cc(OCc2ccccc2)ccc1[N+](=O)[O-]. The van der Waals surface area contributed by atoms with Gasteiger partial charge >= 0.3 is 0 Å². The van der Waals surface area contributed by atoms with Gasteiger partial charge in [-0.05, 0) is 24.1 Å². The van der Waals surface area contributed by atoms with Crippen molar-refractivity contribution in [3.63, 3.8) is 0 Å². The van der Waals surface area contributed by atoms with E-state index >= 15 is 0 Å². The molecule has 0 radical (unpaired) electrons. The van der Waals surface area contributed by atoms with E-state index in [0.29, 0.717) is 18.8 Å². The maximum absolute atomic E-state index is 11.2. The summed E-state index contributed by atoms with van der Waals surface area (Å²) in [6, 6.07) is 13.9. The van der Waals surface area contributed by atoms with Gasteiger partial charge < -0.3 is 9.84 Å². The molecule has 0 spiro atoms. The van der Waals surface area contributed by atoms with E-state index in [2.05, 4.69) is 11.8 Å². The average molecular weight is 325 g/mol. The lowest BCUT2D eigenvalue weighted by Crippen LogP contribution is -2.02. The van der Waals surface area contributed by atoms with Crippen LogP contribution in [-0.2, 0) is 6.61 Å². The van der Waals surface area contributed by atoms with Crippen LogP contribution >= 0.6 is 0 Å². The zero-order chi connectivity index (χ0) is 17.4. The molecule has 1 atom stereocenters. The Morgan fingerprint density at radius 2 is 2.00 bits per heavy atom. The van der Waals surface area contributed by atoms with E-state index in [4.69, 9.17) is 4.74 Å². The van der Waals surface area contributed by atoms with Crippen LogP contribution < -0.4 is 4.74 Å². The van der Waals surface area contributed by atoms with Crippen LogP contribution in [0, 0.1) is 22.0 Å². The molecule has 0 heterocycles. The lowest BCUT2D eigenvalue weighted by molar-refractivity contribution is -0.386. The Balaban J connectivity index is 2.21. The summed E-state index contributed by atoms with van der Waals surface area (Å²) in [4.78, 5) is 10.6. The number of nitrogens with zero attached hydrogens (tertiary/aromatic N) is 1. The molecular formula is C19H19NO4. The zero-order valence-electron chi connectivity index (χ0n) is 13.4. The molecule has 0 aliphatic heterocycles. The van der Waals surface area contributed by atoms with Gasteiger partial charge in [-0.3, -0.25) is 10.1 Å². The average Bonchev–Trinajstić information content (AvgIpc) is 2.60. The number of aliphatic hydroxyl groups excluding tert-OH is 1. The van der Waals surface area contributed by atoms with E-state index in [9.17, 15) is 15.2 Å². The molecule has 1 unspecified atom stereocenters. The summed E-state index contributed by atoms with van der Waals surface area (Å²) < 4.78 is 5.66. The van der Waals surface area contributed by atoms with Crippen LogP contribution in [0.2, 0.25) is 0 Å². The van der Waals surface area contributed by atoms with Crippen LogP contribution in [0.25, 0.3) is 0 Å². The lowest BCUT2D eigenvalue weighted by Gasteiger charge is -2.10. The fraction of sp³-hybridized carbons (Fsp3) is 0.263. The predicted octanol–water partition coefficient (Wildman–Crippen LogP) is 4.01. The third kappa shape index (κ3) is 4.83. The van der Waals surface area contributed by atoms with Gasteiger partial charge in [-0.25, -0.2) is 0 Å². The van der Waals surface area contributed by atoms with E-state index < -0.39 is 11.0 Å². The maximum atomic E-state index is 11.2.